The van der Waals surface area contributed by atoms with Crippen molar-refractivity contribution in [3.05, 3.63) is 32.4 Å². The van der Waals surface area contributed by atoms with E-state index in [-0.39, 0.29) is 17.3 Å². The summed E-state index contributed by atoms with van der Waals surface area (Å²) in [6.45, 7) is 0. The van der Waals surface area contributed by atoms with Crippen LogP contribution in [0.25, 0.3) is 11.1 Å². The average molecular weight is 343 g/mol. The summed E-state index contributed by atoms with van der Waals surface area (Å²) >= 11 is 0. The number of H-pyrrole nitrogens is 1. The minimum absolute atomic E-state index is 0.0147. The maximum atomic E-state index is 12.5. The van der Waals surface area contributed by atoms with E-state index in [1.165, 1.54) is 25.3 Å². The Morgan fingerprint density at radius 1 is 1.24 bits per heavy atom. The number of fused-ring (bicyclic) bond motifs is 1. The zero-order valence-electron chi connectivity index (χ0n) is 14.0. The third kappa shape index (κ3) is 3.81. The van der Waals surface area contributed by atoms with Gasteiger partial charge in [-0.15, -0.1) is 0 Å². The summed E-state index contributed by atoms with van der Waals surface area (Å²) < 4.78 is 5.12. The molecule has 25 heavy (non-hydrogen) atoms. The van der Waals surface area contributed by atoms with Crippen molar-refractivity contribution in [1.29, 1.82) is 0 Å². The van der Waals surface area contributed by atoms with Gasteiger partial charge in [0.25, 0.3) is 5.56 Å². The molecule has 2 fully saturated rings. The highest BCUT2D eigenvalue weighted by Crippen LogP contribution is 2.33. The molecule has 0 amide bonds. The Hall–Kier alpha value is -2.44. The van der Waals surface area contributed by atoms with Crippen LogP contribution >= 0.6 is 0 Å². The molecule has 7 nitrogen and oxygen atoms in total. The first-order valence-electron chi connectivity index (χ1n) is 8.99. The second-order valence-electron chi connectivity index (χ2n) is 6.93. The van der Waals surface area contributed by atoms with E-state index in [1.807, 2.05) is 0 Å². The first kappa shape index (κ1) is 16.1. The van der Waals surface area contributed by atoms with Gasteiger partial charge in [0.1, 0.15) is 5.39 Å². The quantitative estimate of drug-likeness (QED) is 0.842. The largest absolute Gasteiger partial charge is 0.403 e. The van der Waals surface area contributed by atoms with Crippen molar-refractivity contribution in [2.24, 2.45) is 11.1 Å². The molecule has 2 aromatic rings. The maximum Gasteiger partial charge on any atom is 0.337 e. The number of aromatic nitrogens is 2. The lowest BCUT2D eigenvalue weighted by atomic mass is 9.99. The van der Waals surface area contributed by atoms with Crippen molar-refractivity contribution >= 4 is 16.8 Å². The van der Waals surface area contributed by atoms with E-state index in [0.717, 1.165) is 37.8 Å². The number of hydrogen-bond donors (Lipinski definition) is 1. The van der Waals surface area contributed by atoms with Crippen LogP contribution in [0.5, 0.6) is 6.01 Å². The summed E-state index contributed by atoms with van der Waals surface area (Å²) in [5.74, 6) is 0.711. The van der Waals surface area contributed by atoms with Crippen LogP contribution in [0, 0.1) is 5.92 Å². The molecular weight excluding hydrogens is 322 g/mol. The highest BCUT2D eigenvalue weighted by molar-refractivity contribution is 5.84. The fourth-order valence-electron chi connectivity index (χ4n) is 3.29. The van der Waals surface area contributed by atoms with Crippen LogP contribution in [0.2, 0.25) is 0 Å². The smallest absolute Gasteiger partial charge is 0.337 e. The van der Waals surface area contributed by atoms with Crippen molar-refractivity contribution in [2.75, 3.05) is 0 Å². The first-order valence-corrected chi connectivity index (χ1v) is 8.99. The van der Waals surface area contributed by atoms with Crippen LogP contribution in [0.3, 0.4) is 0 Å². The number of hydrogen-bond acceptors (Lipinski definition) is 6. The SMILES string of the molecule is O=c1cc(CCC2CC2)c2c(=O)[nH]c(ON=C3CCCCC3)nc2o1. The summed E-state index contributed by atoms with van der Waals surface area (Å²) in [7, 11) is 0. The van der Waals surface area contributed by atoms with Gasteiger partial charge in [0.05, 0.1) is 5.71 Å². The maximum absolute atomic E-state index is 12.5. The Kier molecular flexibility index (Phi) is 4.38. The van der Waals surface area contributed by atoms with Crippen LogP contribution in [0.15, 0.2) is 25.2 Å². The van der Waals surface area contributed by atoms with Gasteiger partial charge in [-0.1, -0.05) is 24.4 Å². The molecule has 0 radical (unpaired) electrons. The van der Waals surface area contributed by atoms with Crippen molar-refractivity contribution in [3.8, 4) is 6.01 Å². The fourth-order valence-corrected chi connectivity index (χ4v) is 3.29. The van der Waals surface area contributed by atoms with Gasteiger partial charge in [-0.3, -0.25) is 9.78 Å². The van der Waals surface area contributed by atoms with Gasteiger partial charge in [0, 0.05) is 6.07 Å². The fraction of sp³-hybridized carbons (Fsp3) is 0.556. The topological polar surface area (TPSA) is 97.5 Å². The third-order valence-electron chi connectivity index (χ3n) is 4.89. The molecule has 1 N–H and O–H groups in total. The Labute approximate surface area is 144 Å². The van der Waals surface area contributed by atoms with Gasteiger partial charge in [0.15, 0.2) is 0 Å². The van der Waals surface area contributed by atoms with Crippen molar-refractivity contribution < 1.29 is 9.25 Å². The standard InChI is InChI=1S/C18H21N3O4/c22-14-10-12(9-8-11-6-7-11)15-16(23)19-18(20-17(15)24-14)25-21-13-4-2-1-3-5-13/h10-11H,1-9H2,(H,19,20,23). The van der Waals surface area contributed by atoms with Gasteiger partial charge >= 0.3 is 11.6 Å². The normalized spacial score (nSPS) is 17.7. The van der Waals surface area contributed by atoms with Crippen molar-refractivity contribution in [3.63, 3.8) is 0 Å². The third-order valence-corrected chi connectivity index (χ3v) is 4.89. The molecule has 0 atom stereocenters. The van der Waals surface area contributed by atoms with Gasteiger partial charge in [-0.25, -0.2) is 4.79 Å². The lowest BCUT2D eigenvalue weighted by molar-refractivity contribution is 0.307. The molecule has 2 aliphatic carbocycles. The summed E-state index contributed by atoms with van der Waals surface area (Å²) in [4.78, 5) is 36.3. The molecule has 0 bridgehead atoms. The van der Waals surface area contributed by atoms with E-state index in [2.05, 4.69) is 15.1 Å². The van der Waals surface area contributed by atoms with Crippen LogP contribution in [0.1, 0.15) is 56.9 Å². The minimum Gasteiger partial charge on any atom is -0.403 e. The molecule has 0 aromatic carbocycles. The molecular formula is C18H21N3O4. The highest BCUT2D eigenvalue weighted by Gasteiger charge is 2.22. The summed E-state index contributed by atoms with van der Waals surface area (Å²) in [6.07, 6.45) is 9.32. The van der Waals surface area contributed by atoms with Crippen LogP contribution in [0.4, 0.5) is 0 Å². The predicted molar refractivity (Wildman–Crippen MR) is 93.1 cm³/mol. The molecule has 2 saturated carbocycles. The summed E-state index contributed by atoms with van der Waals surface area (Å²) in [6, 6.07) is 1.35. The first-order chi connectivity index (χ1) is 12.2. The monoisotopic (exact) mass is 343 g/mol. The van der Waals surface area contributed by atoms with E-state index >= 15 is 0 Å². The Morgan fingerprint density at radius 2 is 2.04 bits per heavy atom. The van der Waals surface area contributed by atoms with Gasteiger partial charge < -0.3 is 9.25 Å². The molecule has 7 heteroatoms. The van der Waals surface area contributed by atoms with Crippen LogP contribution in [-0.4, -0.2) is 15.7 Å². The molecule has 0 spiro atoms. The molecule has 2 aromatic heterocycles. The van der Waals surface area contributed by atoms with Gasteiger partial charge in [-0.2, -0.15) is 4.98 Å². The zero-order chi connectivity index (χ0) is 17.2. The second-order valence-corrected chi connectivity index (χ2v) is 6.93. The molecule has 2 heterocycles. The predicted octanol–water partition coefficient (Wildman–Crippen LogP) is 2.92. The van der Waals surface area contributed by atoms with E-state index in [1.54, 1.807) is 0 Å². The molecule has 0 saturated heterocycles. The molecule has 132 valence electrons. The second kappa shape index (κ2) is 6.82. The van der Waals surface area contributed by atoms with Gasteiger partial charge in [0.2, 0.25) is 5.71 Å². The van der Waals surface area contributed by atoms with Crippen molar-refractivity contribution in [2.45, 2.75) is 57.8 Å². The number of oxime groups is 1. The molecule has 2 aliphatic rings. The zero-order valence-corrected chi connectivity index (χ0v) is 14.0. The lowest BCUT2D eigenvalue weighted by Crippen LogP contribution is -2.15. The average Bonchev–Trinajstić information content (AvgIpc) is 3.42. The van der Waals surface area contributed by atoms with Crippen LogP contribution in [-0.2, 0) is 6.42 Å². The Morgan fingerprint density at radius 3 is 2.80 bits per heavy atom. The van der Waals surface area contributed by atoms with E-state index < -0.39 is 5.63 Å². The highest BCUT2D eigenvalue weighted by atomic mass is 16.6. The van der Waals surface area contributed by atoms with E-state index in [9.17, 15) is 9.59 Å². The molecule has 4 rings (SSSR count). The summed E-state index contributed by atoms with van der Waals surface area (Å²) in [5.41, 5.74) is 0.811. The molecule has 0 unspecified atom stereocenters. The summed E-state index contributed by atoms with van der Waals surface area (Å²) in [5, 5.41) is 4.41. The van der Waals surface area contributed by atoms with Crippen LogP contribution < -0.4 is 16.0 Å². The number of aromatic amines is 1. The number of nitrogens with zero attached hydrogens (tertiary/aromatic N) is 2. The van der Waals surface area contributed by atoms with E-state index in [0.29, 0.717) is 23.3 Å². The Balaban J connectivity index is 1.64. The van der Waals surface area contributed by atoms with Crippen molar-refractivity contribution in [1.82, 2.24) is 9.97 Å². The minimum atomic E-state index is -0.499. The van der Waals surface area contributed by atoms with E-state index in [4.69, 9.17) is 9.25 Å². The Bertz CT molecular complexity index is 916. The lowest BCUT2D eigenvalue weighted by Gasteiger charge is -2.11. The number of aryl methyl sites for hydroxylation is 1. The van der Waals surface area contributed by atoms with Gasteiger partial charge in [-0.05, 0) is 50.0 Å². The molecule has 0 aliphatic heterocycles. The number of nitrogens with one attached hydrogen (secondary N) is 1. The number of rotatable bonds is 5.